The van der Waals surface area contributed by atoms with Crippen LogP contribution in [0.5, 0.6) is 5.75 Å². The molecule has 0 radical (unpaired) electrons. The van der Waals surface area contributed by atoms with Crippen molar-refractivity contribution in [2.45, 2.75) is 59.1 Å². The molecule has 1 N–H and O–H groups in total. The summed E-state index contributed by atoms with van der Waals surface area (Å²) in [4.78, 5) is 39.5. The van der Waals surface area contributed by atoms with Gasteiger partial charge < -0.3 is 24.0 Å². The van der Waals surface area contributed by atoms with Crippen molar-refractivity contribution >= 4 is 23.5 Å². The average Bonchev–Trinajstić information content (AvgIpc) is 2.90. The summed E-state index contributed by atoms with van der Waals surface area (Å²) in [7, 11) is 1.52. The van der Waals surface area contributed by atoms with Gasteiger partial charge in [0.15, 0.2) is 12.6 Å². The van der Waals surface area contributed by atoms with Crippen molar-refractivity contribution in [3.63, 3.8) is 0 Å². The molecule has 0 spiro atoms. The topological polar surface area (TPSA) is 90.9 Å². The maximum Gasteiger partial charge on any atom is 0.362 e. The summed E-state index contributed by atoms with van der Waals surface area (Å²) in [5.74, 6) is -0.561. The summed E-state index contributed by atoms with van der Waals surface area (Å²) in [6.07, 6.45) is 3.49. The number of piperidine rings is 1. The summed E-state index contributed by atoms with van der Waals surface area (Å²) in [5, 5.41) is 3.01. The van der Waals surface area contributed by atoms with Crippen LogP contribution in [0.4, 0.5) is 5.69 Å². The Morgan fingerprint density at radius 3 is 2.32 bits per heavy atom. The van der Waals surface area contributed by atoms with Crippen molar-refractivity contribution in [1.82, 2.24) is 0 Å². The second-order valence-electron chi connectivity index (χ2n) is 9.53. The molecule has 8 heteroatoms. The summed E-state index contributed by atoms with van der Waals surface area (Å²) < 4.78 is 16.5. The van der Waals surface area contributed by atoms with E-state index in [1.165, 1.54) is 7.11 Å². The van der Waals surface area contributed by atoms with Crippen molar-refractivity contribution in [2.24, 2.45) is 0 Å². The van der Waals surface area contributed by atoms with Crippen molar-refractivity contribution in [2.75, 3.05) is 38.7 Å². The monoisotopic (exact) mass is 511 g/mol. The molecule has 0 aromatic heterocycles. The molecule has 8 nitrogen and oxygen atoms in total. The number of carbonyl (C=O) groups is 3. The molecule has 3 rings (SSSR count). The summed E-state index contributed by atoms with van der Waals surface area (Å²) in [5.41, 5.74) is 2.27. The van der Waals surface area contributed by atoms with Gasteiger partial charge in [0.25, 0.3) is 5.91 Å². The Hall–Kier alpha value is -3.39. The first-order valence-electron chi connectivity index (χ1n) is 13.1. The molecule has 1 unspecified atom stereocenters. The smallest absolute Gasteiger partial charge is 0.362 e. The number of esters is 2. The van der Waals surface area contributed by atoms with Crippen LogP contribution in [0, 0.1) is 6.92 Å². The van der Waals surface area contributed by atoms with Crippen molar-refractivity contribution in [3.05, 3.63) is 59.2 Å². The van der Waals surface area contributed by atoms with Crippen molar-refractivity contribution in [1.29, 1.82) is 0 Å². The summed E-state index contributed by atoms with van der Waals surface area (Å²) >= 11 is 0. The van der Waals surface area contributed by atoms with Crippen LogP contribution in [0.2, 0.25) is 0 Å². The fourth-order valence-corrected chi connectivity index (χ4v) is 5.20. The number of nitrogens with one attached hydrogen (secondary N) is 1. The number of methoxy groups -OCH3 is 1. The van der Waals surface area contributed by atoms with E-state index in [4.69, 9.17) is 14.2 Å². The first kappa shape index (κ1) is 28.2. The van der Waals surface area contributed by atoms with Gasteiger partial charge in [0.1, 0.15) is 12.4 Å². The minimum Gasteiger partial charge on any atom is -0.497 e. The van der Waals surface area contributed by atoms with Gasteiger partial charge in [0.2, 0.25) is 0 Å². The SMILES string of the molecule is CCOC(=O)c1cc(OC)cc(C)c1NC(=O)C(CC)[N+]1(CC(=O)OCc2ccccc2)CCCCC1. The minimum atomic E-state index is -0.529. The number of rotatable bonds is 11. The van der Waals surface area contributed by atoms with Gasteiger partial charge in [-0.15, -0.1) is 0 Å². The first-order chi connectivity index (χ1) is 17.8. The predicted molar refractivity (Wildman–Crippen MR) is 141 cm³/mol. The zero-order valence-electron chi connectivity index (χ0n) is 22.4. The van der Waals surface area contributed by atoms with Crippen LogP contribution < -0.4 is 10.1 Å². The number of benzene rings is 2. The van der Waals surface area contributed by atoms with Crippen LogP contribution in [-0.2, 0) is 25.7 Å². The van der Waals surface area contributed by atoms with Crippen LogP contribution in [0.3, 0.4) is 0 Å². The number of amides is 1. The maximum atomic E-state index is 13.8. The molecule has 1 atom stereocenters. The van der Waals surface area contributed by atoms with E-state index in [1.54, 1.807) is 19.1 Å². The van der Waals surface area contributed by atoms with Crippen LogP contribution >= 0.6 is 0 Å². The molecule has 1 heterocycles. The van der Waals surface area contributed by atoms with Gasteiger partial charge in [0, 0.05) is 6.42 Å². The van der Waals surface area contributed by atoms with Gasteiger partial charge in [-0.25, -0.2) is 9.59 Å². The number of aryl methyl sites for hydroxylation is 1. The highest BCUT2D eigenvalue weighted by atomic mass is 16.5. The van der Waals surface area contributed by atoms with Crippen LogP contribution in [-0.4, -0.2) is 61.7 Å². The summed E-state index contributed by atoms with van der Waals surface area (Å²) in [6.45, 7) is 7.50. The van der Waals surface area contributed by atoms with Crippen molar-refractivity contribution < 1.29 is 33.1 Å². The molecule has 0 aliphatic carbocycles. The maximum absolute atomic E-state index is 13.8. The van der Waals surface area contributed by atoms with Crippen LogP contribution in [0.15, 0.2) is 42.5 Å². The predicted octanol–water partition coefficient (Wildman–Crippen LogP) is 4.64. The second kappa shape index (κ2) is 13.2. The fourth-order valence-electron chi connectivity index (χ4n) is 5.20. The highest BCUT2D eigenvalue weighted by Crippen LogP contribution is 2.30. The van der Waals surface area contributed by atoms with Gasteiger partial charge in [-0.05, 0) is 56.4 Å². The number of quaternary nitrogens is 1. The molecule has 2 aromatic carbocycles. The Morgan fingerprint density at radius 2 is 1.70 bits per heavy atom. The lowest BCUT2D eigenvalue weighted by Crippen LogP contribution is -2.63. The Kier molecular flexibility index (Phi) is 10.1. The number of anilines is 1. The lowest BCUT2D eigenvalue weighted by atomic mass is 9.99. The molecule has 1 aliphatic heterocycles. The highest BCUT2D eigenvalue weighted by Gasteiger charge is 2.44. The van der Waals surface area contributed by atoms with E-state index in [0.29, 0.717) is 27.9 Å². The Morgan fingerprint density at radius 1 is 1.00 bits per heavy atom. The zero-order valence-corrected chi connectivity index (χ0v) is 22.4. The molecule has 0 bridgehead atoms. The zero-order chi connectivity index (χ0) is 26.8. The van der Waals surface area contributed by atoms with E-state index in [1.807, 2.05) is 44.2 Å². The quantitative estimate of drug-likeness (QED) is 0.349. The van der Waals surface area contributed by atoms with Crippen LogP contribution in [0.1, 0.15) is 61.0 Å². The number of hydrogen-bond acceptors (Lipinski definition) is 6. The third kappa shape index (κ3) is 7.10. The lowest BCUT2D eigenvalue weighted by Gasteiger charge is -2.45. The van der Waals surface area contributed by atoms with Gasteiger partial charge in [-0.3, -0.25) is 4.79 Å². The highest BCUT2D eigenvalue weighted by molar-refractivity contribution is 6.03. The Bertz CT molecular complexity index is 1080. The number of likely N-dealkylation sites (tertiary alicyclic amines) is 1. The minimum absolute atomic E-state index is 0.130. The van der Waals surface area contributed by atoms with E-state index < -0.39 is 12.0 Å². The molecule has 2 aromatic rings. The van der Waals surface area contributed by atoms with Gasteiger partial charge in [0.05, 0.1) is 38.1 Å². The molecular formula is C29H39N2O6+. The molecule has 200 valence electrons. The first-order valence-corrected chi connectivity index (χ1v) is 13.1. The van der Waals surface area contributed by atoms with E-state index in [9.17, 15) is 14.4 Å². The Labute approximate surface area is 219 Å². The van der Waals surface area contributed by atoms with E-state index in [2.05, 4.69) is 5.32 Å². The number of ether oxygens (including phenoxy) is 3. The number of carbonyl (C=O) groups excluding carboxylic acids is 3. The Balaban J connectivity index is 1.84. The normalized spacial score (nSPS) is 15.4. The van der Waals surface area contributed by atoms with E-state index in [-0.39, 0.29) is 37.2 Å². The number of nitrogens with zero attached hydrogens (tertiary/aromatic N) is 1. The lowest BCUT2D eigenvalue weighted by molar-refractivity contribution is -0.940. The number of hydrogen-bond donors (Lipinski definition) is 1. The molecule has 1 amide bonds. The standard InChI is InChI=1S/C29H38N2O6/c1-5-25(28(33)30-27-21(3)17-23(35-4)18-24(27)29(34)36-6-2)31(15-11-8-12-16-31)19-26(32)37-20-22-13-9-7-10-14-22/h7,9-10,13-14,17-18,25H,5-6,8,11-12,15-16,19-20H2,1-4H3/p+1. The third-order valence-electron chi connectivity index (χ3n) is 7.03. The molecular weight excluding hydrogens is 472 g/mol. The second-order valence-corrected chi connectivity index (χ2v) is 9.53. The molecule has 0 saturated carbocycles. The molecule has 1 saturated heterocycles. The summed E-state index contributed by atoms with van der Waals surface area (Å²) in [6, 6.07) is 12.4. The van der Waals surface area contributed by atoms with E-state index in [0.717, 1.165) is 37.9 Å². The molecule has 1 aliphatic rings. The van der Waals surface area contributed by atoms with Crippen LogP contribution in [0.25, 0.3) is 0 Å². The van der Waals surface area contributed by atoms with Gasteiger partial charge >= 0.3 is 11.9 Å². The van der Waals surface area contributed by atoms with Crippen molar-refractivity contribution in [3.8, 4) is 5.75 Å². The van der Waals surface area contributed by atoms with Gasteiger partial charge in [-0.2, -0.15) is 0 Å². The average molecular weight is 512 g/mol. The fraction of sp³-hybridized carbons (Fsp3) is 0.483. The largest absolute Gasteiger partial charge is 0.497 e. The molecule has 1 fully saturated rings. The third-order valence-corrected chi connectivity index (χ3v) is 7.03. The molecule has 37 heavy (non-hydrogen) atoms. The van der Waals surface area contributed by atoms with Gasteiger partial charge in [-0.1, -0.05) is 37.3 Å². The van der Waals surface area contributed by atoms with E-state index >= 15 is 0 Å².